The first-order chi connectivity index (χ1) is 11.1. The topological polar surface area (TPSA) is 67.7 Å². The van der Waals surface area contributed by atoms with Crippen LogP contribution in [0, 0.1) is 0 Å². The molecule has 1 N–H and O–H groups in total. The Morgan fingerprint density at radius 1 is 1.17 bits per heavy atom. The molecule has 0 saturated carbocycles. The largest absolute Gasteiger partial charge is 0.459 e. The van der Waals surface area contributed by atoms with Crippen LogP contribution >= 0.6 is 23.2 Å². The van der Waals surface area contributed by atoms with Crippen LogP contribution in [-0.2, 0) is 0 Å². The molecule has 23 heavy (non-hydrogen) atoms. The van der Waals surface area contributed by atoms with E-state index >= 15 is 0 Å². The van der Waals surface area contributed by atoms with Gasteiger partial charge in [-0.2, -0.15) is 5.10 Å². The second kappa shape index (κ2) is 6.73. The fourth-order valence-corrected chi connectivity index (χ4v) is 2.25. The normalized spacial score (nSPS) is 11.0. The number of rotatable bonds is 4. The van der Waals surface area contributed by atoms with Crippen LogP contribution < -0.4 is 5.43 Å². The highest BCUT2D eigenvalue weighted by Gasteiger charge is 2.09. The van der Waals surface area contributed by atoms with Crippen molar-refractivity contribution in [2.75, 3.05) is 0 Å². The summed E-state index contributed by atoms with van der Waals surface area (Å²) in [6.45, 7) is 0. The first-order valence-corrected chi connectivity index (χ1v) is 7.31. The number of hydrogen-bond acceptors (Lipinski definition) is 4. The molecule has 1 amide bonds. The van der Waals surface area contributed by atoms with Gasteiger partial charge in [0.15, 0.2) is 5.76 Å². The molecule has 1 aromatic carbocycles. The number of halogens is 2. The lowest BCUT2D eigenvalue weighted by molar-refractivity contribution is 0.0927. The molecule has 3 aromatic rings. The maximum Gasteiger partial charge on any atom is 0.307 e. The van der Waals surface area contributed by atoms with Crippen LogP contribution in [0.2, 0.25) is 10.0 Å². The summed E-state index contributed by atoms with van der Waals surface area (Å²) in [4.78, 5) is 11.6. The van der Waals surface area contributed by atoms with Gasteiger partial charge in [-0.25, -0.2) is 5.43 Å². The molecule has 3 rings (SSSR count). The van der Waals surface area contributed by atoms with Crippen molar-refractivity contribution < 1.29 is 13.6 Å². The summed E-state index contributed by atoms with van der Waals surface area (Å²) in [7, 11) is 0. The molecule has 0 unspecified atom stereocenters. The first-order valence-electron chi connectivity index (χ1n) is 6.55. The lowest BCUT2D eigenvalue weighted by Gasteiger charge is -2.00. The van der Waals surface area contributed by atoms with Crippen LogP contribution in [0.3, 0.4) is 0 Å². The summed E-state index contributed by atoms with van der Waals surface area (Å²) >= 11 is 12.1. The van der Waals surface area contributed by atoms with Gasteiger partial charge in [-0.1, -0.05) is 23.2 Å². The van der Waals surface area contributed by atoms with E-state index in [4.69, 9.17) is 32.0 Å². The van der Waals surface area contributed by atoms with Gasteiger partial charge in [-0.3, -0.25) is 4.79 Å². The van der Waals surface area contributed by atoms with E-state index < -0.39 is 5.91 Å². The highest BCUT2D eigenvalue weighted by Crippen LogP contribution is 2.31. The van der Waals surface area contributed by atoms with E-state index in [9.17, 15) is 4.79 Å². The Bertz CT molecular complexity index is 854. The Hall–Kier alpha value is -2.50. The number of benzene rings is 1. The van der Waals surface area contributed by atoms with Crippen LogP contribution in [0.1, 0.15) is 16.3 Å². The van der Waals surface area contributed by atoms with E-state index in [1.807, 2.05) is 0 Å². The number of nitrogens with one attached hydrogen (secondary N) is 1. The number of hydrogen-bond donors (Lipinski definition) is 1. The summed E-state index contributed by atoms with van der Waals surface area (Å²) in [5.41, 5.74) is 3.01. The quantitative estimate of drug-likeness (QED) is 0.552. The monoisotopic (exact) mass is 348 g/mol. The van der Waals surface area contributed by atoms with E-state index in [0.29, 0.717) is 27.1 Å². The maximum absolute atomic E-state index is 11.6. The summed E-state index contributed by atoms with van der Waals surface area (Å²) in [6, 6.07) is 11.7. The number of nitrogens with zero attached hydrogens (tertiary/aromatic N) is 1. The third kappa shape index (κ3) is 3.64. The van der Waals surface area contributed by atoms with Crippen molar-refractivity contribution in [1.82, 2.24) is 5.43 Å². The van der Waals surface area contributed by atoms with E-state index in [1.54, 1.807) is 36.4 Å². The molecule has 0 aliphatic rings. The van der Waals surface area contributed by atoms with Crippen molar-refractivity contribution in [3.63, 3.8) is 0 Å². The van der Waals surface area contributed by atoms with Gasteiger partial charge >= 0.3 is 5.91 Å². The fourth-order valence-electron chi connectivity index (χ4n) is 1.87. The van der Waals surface area contributed by atoms with Crippen molar-refractivity contribution in [1.29, 1.82) is 0 Å². The molecular formula is C16H10Cl2N2O3. The Labute approximate surface area is 141 Å². The minimum Gasteiger partial charge on any atom is -0.459 e. The van der Waals surface area contributed by atoms with Gasteiger partial charge in [0.25, 0.3) is 0 Å². The second-order valence-electron chi connectivity index (χ2n) is 4.50. The Balaban J connectivity index is 1.71. The molecular weight excluding hydrogens is 339 g/mol. The van der Waals surface area contributed by atoms with Gasteiger partial charge in [0.2, 0.25) is 0 Å². The average molecular weight is 349 g/mol. The van der Waals surface area contributed by atoms with Gasteiger partial charge in [-0.05, 0) is 42.5 Å². The molecule has 0 radical (unpaired) electrons. The molecule has 0 fully saturated rings. The van der Waals surface area contributed by atoms with Crippen molar-refractivity contribution in [3.8, 4) is 11.3 Å². The van der Waals surface area contributed by atoms with E-state index in [0.717, 1.165) is 0 Å². The smallest absolute Gasteiger partial charge is 0.307 e. The van der Waals surface area contributed by atoms with E-state index in [1.165, 1.54) is 18.5 Å². The summed E-state index contributed by atoms with van der Waals surface area (Å²) in [5, 5.41) is 4.89. The third-order valence-electron chi connectivity index (χ3n) is 2.92. The standard InChI is InChI=1S/C16H10Cl2N2O3/c17-10-3-5-13(18)12(8-10)14-6-4-11(23-14)9-19-20-16(21)15-2-1-7-22-15/h1-9H,(H,20,21)/b19-9+. The zero-order valence-electron chi connectivity index (χ0n) is 11.6. The maximum atomic E-state index is 11.6. The number of carbonyl (C=O) groups excluding carboxylic acids is 1. The minimum atomic E-state index is -0.448. The Morgan fingerprint density at radius 2 is 2.04 bits per heavy atom. The van der Waals surface area contributed by atoms with Crippen LogP contribution in [0.4, 0.5) is 0 Å². The zero-order valence-corrected chi connectivity index (χ0v) is 13.1. The third-order valence-corrected chi connectivity index (χ3v) is 3.49. The molecule has 2 aromatic heterocycles. The van der Waals surface area contributed by atoms with Gasteiger partial charge in [0.1, 0.15) is 11.5 Å². The molecule has 0 saturated heterocycles. The molecule has 0 atom stereocenters. The number of furan rings is 2. The van der Waals surface area contributed by atoms with Crippen LogP contribution in [0.5, 0.6) is 0 Å². The van der Waals surface area contributed by atoms with Gasteiger partial charge in [0, 0.05) is 10.6 Å². The van der Waals surface area contributed by atoms with Crippen molar-refractivity contribution in [2.24, 2.45) is 5.10 Å². The van der Waals surface area contributed by atoms with Crippen LogP contribution in [0.25, 0.3) is 11.3 Å². The summed E-state index contributed by atoms with van der Waals surface area (Å²) in [6.07, 6.45) is 2.79. The van der Waals surface area contributed by atoms with E-state index in [-0.39, 0.29) is 5.76 Å². The molecule has 7 heteroatoms. The molecule has 0 aliphatic carbocycles. The zero-order chi connectivity index (χ0) is 16.2. The van der Waals surface area contributed by atoms with Gasteiger partial charge < -0.3 is 8.83 Å². The molecule has 2 heterocycles. The second-order valence-corrected chi connectivity index (χ2v) is 5.35. The van der Waals surface area contributed by atoms with Crippen molar-refractivity contribution >= 4 is 35.3 Å². The van der Waals surface area contributed by atoms with Crippen molar-refractivity contribution in [2.45, 2.75) is 0 Å². The summed E-state index contributed by atoms with van der Waals surface area (Å²) < 4.78 is 10.6. The minimum absolute atomic E-state index is 0.174. The molecule has 5 nitrogen and oxygen atoms in total. The highest BCUT2D eigenvalue weighted by molar-refractivity contribution is 6.35. The van der Waals surface area contributed by atoms with Crippen LogP contribution in [0.15, 0.2) is 62.7 Å². The molecule has 116 valence electrons. The van der Waals surface area contributed by atoms with Gasteiger partial charge in [-0.15, -0.1) is 0 Å². The predicted octanol–water partition coefficient (Wildman–Crippen LogP) is 4.61. The lowest BCUT2D eigenvalue weighted by atomic mass is 10.2. The number of hydrazone groups is 1. The Kier molecular flexibility index (Phi) is 4.50. The Morgan fingerprint density at radius 3 is 2.83 bits per heavy atom. The van der Waals surface area contributed by atoms with Gasteiger partial charge in [0.05, 0.1) is 17.5 Å². The molecule has 0 aliphatic heterocycles. The van der Waals surface area contributed by atoms with Crippen LogP contribution in [-0.4, -0.2) is 12.1 Å². The molecule has 0 bridgehead atoms. The summed E-state index contributed by atoms with van der Waals surface area (Å²) in [5.74, 6) is 0.732. The SMILES string of the molecule is O=C(N/N=C/c1ccc(-c2cc(Cl)ccc2Cl)o1)c1ccco1. The first kappa shape index (κ1) is 15.4. The predicted molar refractivity (Wildman–Crippen MR) is 87.9 cm³/mol. The highest BCUT2D eigenvalue weighted by atomic mass is 35.5. The van der Waals surface area contributed by atoms with E-state index in [2.05, 4.69) is 10.5 Å². The number of carbonyl (C=O) groups is 1. The molecule has 0 spiro atoms. The lowest BCUT2D eigenvalue weighted by Crippen LogP contribution is -2.16. The van der Waals surface area contributed by atoms with Crippen molar-refractivity contribution in [3.05, 3.63) is 70.3 Å². The average Bonchev–Trinajstić information content (AvgIpc) is 3.21. The number of amides is 1. The fraction of sp³-hybridized carbons (Fsp3) is 0.